The highest BCUT2D eigenvalue weighted by Crippen LogP contribution is 2.45. The average Bonchev–Trinajstić information content (AvgIpc) is 2.52. The monoisotopic (exact) mass is 389 g/mol. The van der Waals surface area contributed by atoms with Crippen molar-refractivity contribution in [1.82, 2.24) is 4.90 Å². The summed E-state index contributed by atoms with van der Waals surface area (Å²) in [6, 6.07) is 0. The van der Waals surface area contributed by atoms with Crippen LogP contribution in [0.3, 0.4) is 0 Å². The van der Waals surface area contributed by atoms with Gasteiger partial charge in [0, 0.05) is 5.56 Å². The first-order chi connectivity index (χ1) is 10.1. The van der Waals surface area contributed by atoms with E-state index < -0.39 is 5.60 Å². The fraction of sp³-hybridized carbons (Fsp3) is 0.688. The molecule has 0 saturated carbocycles. The molecule has 0 fully saturated rings. The highest BCUT2D eigenvalue weighted by atomic mass is 79.9. The zero-order valence-corrected chi connectivity index (χ0v) is 16.4. The van der Waals surface area contributed by atoms with E-state index in [0.29, 0.717) is 19.0 Å². The van der Waals surface area contributed by atoms with Crippen molar-refractivity contribution in [2.75, 3.05) is 6.54 Å². The standard InChI is InChI=1S/C16H24BrNO3S/c1-9(2)12-13-11(22-14(12)17)8-18(7-10(3)20-13)15(19)21-16(4,5)6/h9-10H,7-8H2,1-6H3. The van der Waals surface area contributed by atoms with Crippen molar-refractivity contribution in [3.05, 3.63) is 14.2 Å². The lowest BCUT2D eigenvalue weighted by molar-refractivity contribution is 0.0189. The molecular formula is C16H24BrNO3S. The van der Waals surface area contributed by atoms with Crippen LogP contribution in [0.15, 0.2) is 3.79 Å². The Hall–Kier alpha value is -0.750. The largest absolute Gasteiger partial charge is 0.487 e. The molecule has 1 unspecified atom stereocenters. The molecule has 1 aromatic rings. The molecule has 4 nitrogen and oxygen atoms in total. The van der Waals surface area contributed by atoms with E-state index in [4.69, 9.17) is 9.47 Å². The van der Waals surface area contributed by atoms with Crippen LogP contribution in [0.2, 0.25) is 0 Å². The van der Waals surface area contributed by atoms with Crippen molar-refractivity contribution in [1.29, 1.82) is 0 Å². The molecule has 0 bridgehead atoms. The average molecular weight is 390 g/mol. The molecule has 1 atom stereocenters. The minimum Gasteiger partial charge on any atom is -0.487 e. The molecule has 22 heavy (non-hydrogen) atoms. The smallest absolute Gasteiger partial charge is 0.410 e. The quantitative estimate of drug-likeness (QED) is 0.666. The molecule has 6 heteroatoms. The number of hydrogen-bond acceptors (Lipinski definition) is 4. The number of amides is 1. The number of fused-ring (bicyclic) bond motifs is 1. The van der Waals surface area contributed by atoms with Gasteiger partial charge in [-0.2, -0.15) is 0 Å². The second-order valence-corrected chi connectivity index (χ2v) is 9.41. The second kappa shape index (κ2) is 6.40. The molecule has 1 amide bonds. The molecule has 2 rings (SSSR count). The number of ether oxygens (including phenoxy) is 2. The van der Waals surface area contributed by atoms with E-state index in [1.807, 2.05) is 27.7 Å². The van der Waals surface area contributed by atoms with Crippen LogP contribution in [-0.4, -0.2) is 29.2 Å². The van der Waals surface area contributed by atoms with Gasteiger partial charge >= 0.3 is 6.09 Å². The van der Waals surface area contributed by atoms with Crippen molar-refractivity contribution in [2.45, 2.75) is 65.7 Å². The normalized spacial score (nSPS) is 18.7. The molecule has 1 aliphatic heterocycles. The van der Waals surface area contributed by atoms with E-state index >= 15 is 0 Å². The van der Waals surface area contributed by atoms with Gasteiger partial charge in [0.25, 0.3) is 0 Å². The van der Waals surface area contributed by atoms with Crippen LogP contribution in [0.4, 0.5) is 4.79 Å². The molecule has 1 aromatic heterocycles. The van der Waals surface area contributed by atoms with Crippen molar-refractivity contribution < 1.29 is 14.3 Å². The molecule has 0 spiro atoms. The van der Waals surface area contributed by atoms with Gasteiger partial charge in [0.05, 0.1) is 21.8 Å². The topological polar surface area (TPSA) is 38.8 Å². The van der Waals surface area contributed by atoms with E-state index in [2.05, 4.69) is 29.8 Å². The highest BCUT2D eigenvalue weighted by molar-refractivity contribution is 9.11. The van der Waals surface area contributed by atoms with Gasteiger partial charge in [-0.1, -0.05) is 13.8 Å². The Labute approximate surface area is 144 Å². The first-order valence-corrected chi connectivity index (χ1v) is 9.15. The van der Waals surface area contributed by atoms with Gasteiger partial charge in [-0.05, 0) is 49.5 Å². The maximum Gasteiger partial charge on any atom is 0.410 e. The zero-order valence-electron chi connectivity index (χ0n) is 14.0. The minimum absolute atomic E-state index is 0.0623. The summed E-state index contributed by atoms with van der Waals surface area (Å²) in [6.07, 6.45) is -0.348. The lowest BCUT2D eigenvalue weighted by Gasteiger charge is -2.27. The third-order valence-electron chi connectivity index (χ3n) is 3.28. The van der Waals surface area contributed by atoms with Crippen LogP contribution in [0, 0.1) is 0 Å². The highest BCUT2D eigenvalue weighted by Gasteiger charge is 2.31. The Morgan fingerprint density at radius 1 is 1.45 bits per heavy atom. The molecule has 0 aromatic carbocycles. The molecule has 2 heterocycles. The number of carbonyl (C=O) groups excluding carboxylic acids is 1. The van der Waals surface area contributed by atoms with Gasteiger partial charge in [-0.3, -0.25) is 4.90 Å². The summed E-state index contributed by atoms with van der Waals surface area (Å²) in [6.45, 7) is 13.0. The number of nitrogens with zero attached hydrogens (tertiary/aromatic N) is 1. The summed E-state index contributed by atoms with van der Waals surface area (Å²) in [5.41, 5.74) is 0.702. The van der Waals surface area contributed by atoms with Crippen LogP contribution < -0.4 is 4.74 Å². The SMILES string of the molecule is CC1CN(C(=O)OC(C)(C)C)Cc2sc(Br)c(C(C)C)c2O1. The number of rotatable bonds is 1. The predicted molar refractivity (Wildman–Crippen MR) is 92.8 cm³/mol. The Balaban J connectivity index is 2.29. The maximum absolute atomic E-state index is 12.4. The van der Waals surface area contributed by atoms with E-state index in [1.54, 1.807) is 16.2 Å². The van der Waals surface area contributed by atoms with Gasteiger partial charge in [0.1, 0.15) is 17.5 Å². The molecule has 0 N–H and O–H groups in total. The van der Waals surface area contributed by atoms with Crippen molar-refractivity contribution in [3.63, 3.8) is 0 Å². The van der Waals surface area contributed by atoms with Crippen LogP contribution in [-0.2, 0) is 11.3 Å². The van der Waals surface area contributed by atoms with E-state index in [9.17, 15) is 4.79 Å². The lowest BCUT2D eigenvalue weighted by atomic mass is 10.1. The van der Waals surface area contributed by atoms with Gasteiger partial charge in [0.2, 0.25) is 0 Å². The lowest BCUT2D eigenvalue weighted by Crippen LogP contribution is -2.39. The Morgan fingerprint density at radius 2 is 2.09 bits per heavy atom. The summed E-state index contributed by atoms with van der Waals surface area (Å²) >= 11 is 5.27. The van der Waals surface area contributed by atoms with Crippen LogP contribution in [0.1, 0.15) is 57.9 Å². The van der Waals surface area contributed by atoms with Crippen molar-refractivity contribution in [2.24, 2.45) is 0 Å². The van der Waals surface area contributed by atoms with Gasteiger partial charge in [0.15, 0.2) is 0 Å². The number of halogens is 1. The summed E-state index contributed by atoms with van der Waals surface area (Å²) in [5, 5.41) is 0. The fourth-order valence-electron chi connectivity index (χ4n) is 2.42. The third-order valence-corrected chi connectivity index (χ3v) is 5.16. The summed E-state index contributed by atoms with van der Waals surface area (Å²) in [4.78, 5) is 15.2. The Kier molecular flexibility index (Phi) is 5.12. The van der Waals surface area contributed by atoms with E-state index in [0.717, 1.165) is 14.4 Å². The van der Waals surface area contributed by atoms with Crippen LogP contribution >= 0.6 is 27.3 Å². The minimum atomic E-state index is -0.491. The maximum atomic E-state index is 12.4. The predicted octanol–water partition coefficient (Wildman–Crippen LogP) is 5.15. The molecule has 1 aliphatic rings. The molecule has 0 saturated heterocycles. The summed E-state index contributed by atoms with van der Waals surface area (Å²) < 4.78 is 12.7. The van der Waals surface area contributed by atoms with Crippen LogP contribution in [0.5, 0.6) is 5.75 Å². The van der Waals surface area contributed by atoms with Gasteiger partial charge in [-0.15, -0.1) is 11.3 Å². The molecule has 0 aliphatic carbocycles. The second-order valence-electron chi connectivity index (χ2n) is 6.99. The summed E-state index contributed by atoms with van der Waals surface area (Å²) in [5.74, 6) is 1.31. The third kappa shape index (κ3) is 3.96. The first kappa shape index (κ1) is 17.6. The Bertz CT molecular complexity index is 562. The van der Waals surface area contributed by atoms with Gasteiger partial charge in [-0.25, -0.2) is 4.79 Å². The van der Waals surface area contributed by atoms with E-state index in [1.165, 1.54) is 5.56 Å². The van der Waals surface area contributed by atoms with Crippen molar-refractivity contribution >= 4 is 33.4 Å². The number of thiophene rings is 1. The Morgan fingerprint density at radius 3 is 2.64 bits per heavy atom. The molecular weight excluding hydrogens is 366 g/mol. The number of carbonyl (C=O) groups is 1. The zero-order chi connectivity index (χ0) is 16.7. The van der Waals surface area contributed by atoms with Gasteiger partial charge < -0.3 is 9.47 Å². The fourth-order valence-corrected chi connectivity index (χ4v) is 4.77. The first-order valence-electron chi connectivity index (χ1n) is 7.54. The van der Waals surface area contributed by atoms with Crippen molar-refractivity contribution in [3.8, 4) is 5.75 Å². The summed E-state index contributed by atoms with van der Waals surface area (Å²) in [7, 11) is 0. The number of hydrogen-bond donors (Lipinski definition) is 0. The van der Waals surface area contributed by atoms with Crippen LogP contribution in [0.25, 0.3) is 0 Å². The molecule has 124 valence electrons. The van der Waals surface area contributed by atoms with E-state index in [-0.39, 0.29) is 12.2 Å². The molecule has 0 radical (unpaired) electrons.